The van der Waals surface area contributed by atoms with Crippen LogP contribution in [-0.4, -0.2) is 73.6 Å². The molecule has 0 saturated carbocycles. The molecule has 0 aliphatic carbocycles. The molecule has 0 spiro atoms. The monoisotopic (exact) mass is 268 g/mol. The van der Waals surface area contributed by atoms with E-state index in [1.165, 1.54) is 25.9 Å². The largest absolute Gasteiger partial charge is 0.353 e. The van der Waals surface area contributed by atoms with Crippen molar-refractivity contribution in [3.8, 4) is 0 Å². The van der Waals surface area contributed by atoms with Gasteiger partial charge in [0.2, 0.25) is 5.91 Å². The maximum absolute atomic E-state index is 12.3. The fourth-order valence-electron chi connectivity index (χ4n) is 2.92. The van der Waals surface area contributed by atoms with Crippen molar-refractivity contribution in [2.24, 2.45) is 0 Å². The van der Waals surface area contributed by atoms with Crippen LogP contribution in [0.4, 0.5) is 0 Å². The Kier molecular flexibility index (Phi) is 5.19. The lowest BCUT2D eigenvalue weighted by Crippen LogP contribution is -2.60. The molecule has 110 valence electrons. The minimum Gasteiger partial charge on any atom is -0.353 e. The van der Waals surface area contributed by atoms with Gasteiger partial charge < -0.3 is 15.5 Å². The van der Waals surface area contributed by atoms with Crippen molar-refractivity contribution < 1.29 is 4.79 Å². The van der Waals surface area contributed by atoms with Gasteiger partial charge in [0.25, 0.3) is 0 Å². The van der Waals surface area contributed by atoms with Gasteiger partial charge in [-0.2, -0.15) is 0 Å². The standard InChI is InChI=1S/C14H28N4O/c1-14(2,18-11-5-15-6-12-18)13(19)16-7-10-17-8-3-4-9-17/h15H,3-12H2,1-2H3,(H,16,19). The molecular weight excluding hydrogens is 240 g/mol. The molecule has 2 aliphatic heterocycles. The Balaban J connectivity index is 1.73. The Morgan fingerprint density at radius 2 is 1.79 bits per heavy atom. The van der Waals surface area contributed by atoms with Gasteiger partial charge in [0, 0.05) is 39.3 Å². The van der Waals surface area contributed by atoms with Crippen molar-refractivity contribution in [3.63, 3.8) is 0 Å². The van der Waals surface area contributed by atoms with Gasteiger partial charge in [-0.05, 0) is 39.8 Å². The van der Waals surface area contributed by atoms with Gasteiger partial charge in [-0.15, -0.1) is 0 Å². The lowest BCUT2D eigenvalue weighted by molar-refractivity contribution is -0.132. The van der Waals surface area contributed by atoms with E-state index in [2.05, 4.69) is 20.4 Å². The fraction of sp³-hybridized carbons (Fsp3) is 0.929. The van der Waals surface area contributed by atoms with E-state index in [0.29, 0.717) is 0 Å². The number of rotatable bonds is 5. The Hall–Kier alpha value is -0.650. The van der Waals surface area contributed by atoms with E-state index in [-0.39, 0.29) is 5.91 Å². The van der Waals surface area contributed by atoms with Crippen LogP contribution >= 0.6 is 0 Å². The van der Waals surface area contributed by atoms with Crippen molar-refractivity contribution >= 4 is 5.91 Å². The molecule has 1 amide bonds. The number of nitrogens with one attached hydrogen (secondary N) is 2. The molecule has 0 unspecified atom stereocenters. The number of carbonyl (C=O) groups excluding carboxylic acids is 1. The highest BCUT2D eigenvalue weighted by Gasteiger charge is 2.34. The zero-order chi connectivity index (χ0) is 13.7. The Morgan fingerprint density at radius 3 is 2.42 bits per heavy atom. The molecule has 0 atom stereocenters. The lowest BCUT2D eigenvalue weighted by Gasteiger charge is -2.39. The number of amides is 1. The third-order valence-electron chi connectivity index (χ3n) is 4.38. The first-order valence-electron chi connectivity index (χ1n) is 7.57. The topological polar surface area (TPSA) is 47.6 Å². The highest BCUT2D eigenvalue weighted by Crippen LogP contribution is 2.15. The van der Waals surface area contributed by atoms with Crippen molar-refractivity contribution in [2.75, 3.05) is 52.4 Å². The number of hydrogen-bond acceptors (Lipinski definition) is 4. The van der Waals surface area contributed by atoms with E-state index < -0.39 is 5.54 Å². The first kappa shape index (κ1) is 14.8. The quantitative estimate of drug-likeness (QED) is 0.730. The molecule has 0 radical (unpaired) electrons. The maximum atomic E-state index is 12.3. The molecule has 2 aliphatic rings. The SMILES string of the molecule is CC(C)(C(=O)NCCN1CCCC1)N1CCNCC1. The van der Waals surface area contributed by atoms with Crippen molar-refractivity contribution in [2.45, 2.75) is 32.2 Å². The second-order valence-corrected chi connectivity index (χ2v) is 6.10. The molecule has 2 saturated heterocycles. The lowest BCUT2D eigenvalue weighted by atomic mass is 10.0. The third-order valence-corrected chi connectivity index (χ3v) is 4.38. The van der Waals surface area contributed by atoms with Crippen LogP contribution in [0.15, 0.2) is 0 Å². The summed E-state index contributed by atoms with van der Waals surface area (Å²) in [7, 11) is 0. The second-order valence-electron chi connectivity index (χ2n) is 6.10. The van der Waals surface area contributed by atoms with E-state index in [9.17, 15) is 4.79 Å². The zero-order valence-electron chi connectivity index (χ0n) is 12.4. The van der Waals surface area contributed by atoms with E-state index in [1.54, 1.807) is 0 Å². The summed E-state index contributed by atoms with van der Waals surface area (Å²) in [5.74, 6) is 0.161. The number of likely N-dealkylation sites (tertiary alicyclic amines) is 1. The first-order valence-corrected chi connectivity index (χ1v) is 7.57. The predicted molar refractivity (Wildman–Crippen MR) is 77.2 cm³/mol. The minimum absolute atomic E-state index is 0.161. The van der Waals surface area contributed by atoms with Gasteiger partial charge in [-0.1, -0.05) is 0 Å². The summed E-state index contributed by atoms with van der Waals surface area (Å²) in [4.78, 5) is 17.0. The Morgan fingerprint density at radius 1 is 1.16 bits per heavy atom. The molecule has 0 aromatic heterocycles. The fourth-order valence-corrected chi connectivity index (χ4v) is 2.92. The summed E-state index contributed by atoms with van der Waals surface area (Å²) in [5.41, 5.74) is -0.396. The third kappa shape index (κ3) is 3.91. The van der Waals surface area contributed by atoms with Gasteiger partial charge in [0.15, 0.2) is 0 Å². The molecule has 2 rings (SSSR count). The van der Waals surface area contributed by atoms with Gasteiger partial charge >= 0.3 is 0 Å². The average Bonchev–Trinajstić information content (AvgIpc) is 2.93. The smallest absolute Gasteiger partial charge is 0.239 e. The summed E-state index contributed by atoms with van der Waals surface area (Å²) in [6.45, 7) is 12.1. The molecular formula is C14H28N4O. The van der Waals surface area contributed by atoms with E-state index >= 15 is 0 Å². The zero-order valence-corrected chi connectivity index (χ0v) is 12.4. The summed E-state index contributed by atoms with van der Waals surface area (Å²) in [6.07, 6.45) is 2.61. The number of hydrogen-bond donors (Lipinski definition) is 2. The Labute approximate surface area is 116 Å². The van der Waals surface area contributed by atoms with E-state index in [0.717, 1.165) is 39.3 Å². The summed E-state index contributed by atoms with van der Waals surface area (Å²) >= 11 is 0. The van der Waals surface area contributed by atoms with Gasteiger partial charge in [-0.3, -0.25) is 9.69 Å². The number of carbonyl (C=O) groups is 1. The molecule has 19 heavy (non-hydrogen) atoms. The highest BCUT2D eigenvalue weighted by molar-refractivity contribution is 5.85. The normalized spacial score (nSPS) is 22.6. The predicted octanol–water partition coefficient (Wildman–Crippen LogP) is -0.118. The average molecular weight is 268 g/mol. The van der Waals surface area contributed by atoms with Crippen LogP contribution in [0.3, 0.4) is 0 Å². The molecule has 2 fully saturated rings. The van der Waals surface area contributed by atoms with Crippen molar-refractivity contribution in [1.29, 1.82) is 0 Å². The summed E-state index contributed by atoms with van der Waals surface area (Å²) < 4.78 is 0. The van der Waals surface area contributed by atoms with Crippen LogP contribution in [0.25, 0.3) is 0 Å². The van der Waals surface area contributed by atoms with E-state index in [1.807, 2.05) is 13.8 Å². The van der Waals surface area contributed by atoms with Crippen LogP contribution in [0.1, 0.15) is 26.7 Å². The van der Waals surface area contributed by atoms with Crippen LogP contribution < -0.4 is 10.6 Å². The molecule has 2 N–H and O–H groups in total. The molecule has 5 nitrogen and oxygen atoms in total. The van der Waals surface area contributed by atoms with Crippen LogP contribution in [0, 0.1) is 0 Å². The summed E-state index contributed by atoms with van der Waals surface area (Å²) in [5, 5.41) is 6.43. The molecule has 0 aromatic carbocycles. The number of piperazine rings is 1. The first-order chi connectivity index (χ1) is 9.10. The highest BCUT2D eigenvalue weighted by atomic mass is 16.2. The van der Waals surface area contributed by atoms with Crippen LogP contribution in [0.5, 0.6) is 0 Å². The van der Waals surface area contributed by atoms with Crippen molar-refractivity contribution in [1.82, 2.24) is 20.4 Å². The van der Waals surface area contributed by atoms with Gasteiger partial charge in [-0.25, -0.2) is 0 Å². The van der Waals surface area contributed by atoms with E-state index in [4.69, 9.17) is 0 Å². The van der Waals surface area contributed by atoms with Crippen LogP contribution in [-0.2, 0) is 4.79 Å². The molecule has 2 heterocycles. The molecule has 0 bridgehead atoms. The number of nitrogens with zero attached hydrogens (tertiary/aromatic N) is 2. The summed E-state index contributed by atoms with van der Waals surface area (Å²) in [6, 6.07) is 0. The second kappa shape index (κ2) is 6.68. The van der Waals surface area contributed by atoms with Gasteiger partial charge in [0.1, 0.15) is 0 Å². The van der Waals surface area contributed by atoms with Crippen LogP contribution in [0.2, 0.25) is 0 Å². The maximum Gasteiger partial charge on any atom is 0.239 e. The van der Waals surface area contributed by atoms with Gasteiger partial charge in [0.05, 0.1) is 5.54 Å². The molecule has 5 heteroatoms. The minimum atomic E-state index is -0.396. The Bertz CT molecular complexity index is 294. The van der Waals surface area contributed by atoms with Crippen molar-refractivity contribution in [3.05, 3.63) is 0 Å². The molecule has 0 aromatic rings.